The molecule has 1 aromatic carbocycles. The molecule has 1 amide bonds. The normalized spacial score (nSPS) is 17.3. The Morgan fingerprint density at radius 3 is 2.33 bits per heavy atom. The van der Waals surface area contributed by atoms with E-state index >= 15 is 0 Å². The van der Waals surface area contributed by atoms with E-state index in [1.54, 1.807) is 13.0 Å². The Balaban J connectivity index is 0.000000200. The van der Waals surface area contributed by atoms with Crippen molar-refractivity contribution in [3.8, 4) is 6.07 Å². The molecule has 0 radical (unpaired) electrons. The Kier molecular flexibility index (Phi) is 5.64. The van der Waals surface area contributed by atoms with Crippen LogP contribution in [0.4, 0.5) is 8.78 Å². The van der Waals surface area contributed by atoms with Crippen LogP contribution in [0.5, 0.6) is 0 Å². The first-order valence-corrected chi connectivity index (χ1v) is 6.27. The van der Waals surface area contributed by atoms with Crippen LogP contribution in [0, 0.1) is 28.4 Å². The average molecular weight is 316 g/mol. The molecule has 114 valence electrons. The van der Waals surface area contributed by atoms with Gasteiger partial charge >= 0.3 is 0 Å². The molecule has 2 aliphatic rings. The third-order valence-electron chi connectivity index (χ3n) is 3.55. The molecule has 3 rings (SSSR count). The standard InChI is InChI=1S/C7H3F2N.C7H12N2O.ClH/c8-6-2-1-5(4-10)3-7(6)9;1-6(10)9-4-7(5-9)2-8-3-7;/h1-3H;8H,2-5H2,1H3;1H. The predicted molar refractivity (Wildman–Crippen MR) is 75.9 cm³/mol. The zero-order chi connectivity index (χ0) is 14.8. The van der Waals surface area contributed by atoms with Gasteiger partial charge in [-0.1, -0.05) is 0 Å². The fraction of sp³-hybridized carbons (Fsp3) is 0.429. The Hall–Kier alpha value is -1.71. The van der Waals surface area contributed by atoms with Gasteiger partial charge < -0.3 is 10.2 Å². The van der Waals surface area contributed by atoms with Crippen molar-refractivity contribution in [2.24, 2.45) is 5.41 Å². The summed E-state index contributed by atoms with van der Waals surface area (Å²) in [6, 6.07) is 4.69. The third-order valence-corrected chi connectivity index (χ3v) is 3.55. The van der Waals surface area contributed by atoms with Gasteiger partial charge in [-0.2, -0.15) is 5.26 Å². The average Bonchev–Trinajstić information content (AvgIpc) is 2.29. The molecule has 2 saturated heterocycles. The maximum Gasteiger partial charge on any atom is 0.219 e. The Labute approximate surface area is 128 Å². The minimum Gasteiger partial charge on any atom is -0.341 e. The van der Waals surface area contributed by atoms with Crippen molar-refractivity contribution in [1.29, 1.82) is 5.26 Å². The van der Waals surface area contributed by atoms with Gasteiger partial charge in [0, 0.05) is 38.5 Å². The van der Waals surface area contributed by atoms with Crippen LogP contribution in [0.25, 0.3) is 0 Å². The first-order valence-electron chi connectivity index (χ1n) is 6.27. The Morgan fingerprint density at radius 2 is 1.95 bits per heavy atom. The molecular weight excluding hydrogens is 300 g/mol. The lowest BCUT2D eigenvalue weighted by Crippen LogP contribution is -2.71. The SMILES string of the molecule is CC(=O)N1CC2(CNC2)C1.Cl.N#Cc1ccc(F)c(F)c1. The highest BCUT2D eigenvalue weighted by Crippen LogP contribution is 2.33. The fourth-order valence-corrected chi connectivity index (χ4v) is 2.25. The monoisotopic (exact) mass is 315 g/mol. The van der Waals surface area contributed by atoms with Crippen LogP contribution in [-0.2, 0) is 4.79 Å². The second-order valence-corrected chi connectivity index (χ2v) is 5.22. The topological polar surface area (TPSA) is 56.1 Å². The quantitative estimate of drug-likeness (QED) is 0.793. The van der Waals surface area contributed by atoms with Gasteiger partial charge in [-0.05, 0) is 18.2 Å². The summed E-state index contributed by atoms with van der Waals surface area (Å²) in [7, 11) is 0. The molecule has 0 aromatic heterocycles. The Morgan fingerprint density at radius 1 is 1.33 bits per heavy atom. The molecule has 2 heterocycles. The maximum absolute atomic E-state index is 12.2. The van der Waals surface area contributed by atoms with Crippen molar-refractivity contribution in [3.05, 3.63) is 35.4 Å². The van der Waals surface area contributed by atoms with Gasteiger partial charge in [-0.3, -0.25) is 4.79 Å². The van der Waals surface area contributed by atoms with Gasteiger partial charge in [0.15, 0.2) is 11.6 Å². The number of benzene rings is 1. The number of carbonyl (C=O) groups excluding carboxylic acids is 1. The number of nitriles is 1. The van der Waals surface area contributed by atoms with E-state index in [1.807, 2.05) is 4.90 Å². The molecule has 2 aliphatic heterocycles. The molecule has 1 spiro atoms. The van der Waals surface area contributed by atoms with Crippen LogP contribution in [0.15, 0.2) is 18.2 Å². The van der Waals surface area contributed by atoms with E-state index in [0.29, 0.717) is 5.41 Å². The number of nitrogens with one attached hydrogen (secondary N) is 1. The number of amides is 1. The van der Waals surface area contributed by atoms with Crippen molar-refractivity contribution < 1.29 is 13.6 Å². The number of hydrogen-bond acceptors (Lipinski definition) is 3. The molecule has 0 aliphatic carbocycles. The molecule has 1 N–H and O–H groups in total. The smallest absolute Gasteiger partial charge is 0.219 e. The molecule has 1 aromatic rings. The highest BCUT2D eigenvalue weighted by Gasteiger charge is 2.48. The summed E-state index contributed by atoms with van der Waals surface area (Å²) < 4.78 is 24.4. The molecule has 0 bridgehead atoms. The highest BCUT2D eigenvalue weighted by molar-refractivity contribution is 5.85. The van der Waals surface area contributed by atoms with Crippen molar-refractivity contribution >= 4 is 18.3 Å². The van der Waals surface area contributed by atoms with Crippen molar-refractivity contribution in [2.45, 2.75) is 6.92 Å². The van der Waals surface area contributed by atoms with E-state index in [1.165, 1.54) is 6.07 Å². The van der Waals surface area contributed by atoms with Crippen LogP contribution in [0.1, 0.15) is 12.5 Å². The summed E-state index contributed by atoms with van der Waals surface area (Å²) in [5.74, 6) is -1.70. The van der Waals surface area contributed by atoms with E-state index in [0.717, 1.165) is 38.3 Å². The molecule has 4 nitrogen and oxygen atoms in total. The lowest BCUT2D eigenvalue weighted by Gasteiger charge is -2.55. The van der Waals surface area contributed by atoms with Crippen molar-refractivity contribution in [3.63, 3.8) is 0 Å². The van der Waals surface area contributed by atoms with Crippen LogP contribution >= 0.6 is 12.4 Å². The lowest BCUT2D eigenvalue weighted by molar-refractivity contribution is -0.144. The van der Waals surface area contributed by atoms with E-state index in [2.05, 4.69) is 5.32 Å². The number of carbonyl (C=O) groups is 1. The van der Waals surface area contributed by atoms with Gasteiger partial charge in [0.1, 0.15) is 0 Å². The third kappa shape index (κ3) is 3.90. The minimum atomic E-state index is -0.987. The van der Waals surface area contributed by atoms with Gasteiger partial charge in [-0.15, -0.1) is 12.4 Å². The number of halogens is 3. The van der Waals surface area contributed by atoms with Gasteiger partial charge in [0.2, 0.25) is 5.91 Å². The van der Waals surface area contributed by atoms with Crippen LogP contribution in [0.3, 0.4) is 0 Å². The van der Waals surface area contributed by atoms with Crippen LogP contribution in [0.2, 0.25) is 0 Å². The summed E-state index contributed by atoms with van der Waals surface area (Å²) >= 11 is 0. The molecule has 0 unspecified atom stereocenters. The number of rotatable bonds is 0. The summed E-state index contributed by atoms with van der Waals surface area (Å²) in [6.07, 6.45) is 0. The first kappa shape index (κ1) is 17.3. The largest absolute Gasteiger partial charge is 0.341 e. The molecule has 21 heavy (non-hydrogen) atoms. The summed E-state index contributed by atoms with van der Waals surface area (Å²) in [4.78, 5) is 12.7. The van der Waals surface area contributed by atoms with E-state index in [-0.39, 0.29) is 23.9 Å². The maximum atomic E-state index is 12.2. The van der Waals surface area contributed by atoms with Crippen molar-refractivity contribution in [1.82, 2.24) is 10.2 Å². The zero-order valence-electron chi connectivity index (χ0n) is 11.5. The summed E-state index contributed by atoms with van der Waals surface area (Å²) in [5.41, 5.74) is 0.616. The number of likely N-dealkylation sites (tertiary alicyclic amines) is 1. The summed E-state index contributed by atoms with van der Waals surface area (Å²) in [6.45, 7) is 5.82. The van der Waals surface area contributed by atoms with Crippen molar-refractivity contribution in [2.75, 3.05) is 26.2 Å². The molecular formula is C14H16ClF2N3O. The highest BCUT2D eigenvalue weighted by atomic mass is 35.5. The first-order chi connectivity index (χ1) is 9.46. The van der Waals surface area contributed by atoms with E-state index in [9.17, 15) is 13.6 Å². The predicted octanol–water partition coefficient (Wildman–Crippen LogP) is 1.70. The fourth-order valence-electron chi connectivity index (χ4n) is 2.25. The van der Waals surface area contributed by atoms with Crippen LogP contribution in [-0.4, -0.2) is 37.0 Å². The second-order valence-electron chi connectivity index (χ2n) is 5.22. The number of hydrogen-bond donors (Lipinski definition) is 1. The van der Waals surface area contributed by atoms with Gasteiger partial charge in [-0.25, -0.2) is 8.78 Å². The minimum absolute atomic E-state index is 0. The van der Waals surface area contributed by atoms with Gasteiger partial charge in [0.25, 0.3) is 0 Å². The Bertz CT molecular complexity index is 562. The van der Waals surface area contributed by atoms with Crippen LogP contribution < -0.4 is 5.32 Å². The molecule has 7 heteroatoms. The number of nitrogens with zero attached hydrogens (tertiary/aromatic N) is 2. The lowest BCUT2D eigenvalue weighted by atomic mass is 9.74. The van der Waals surface area contributed by atoms with E-state index < -0.39 is 11.6 Å². The van der Waals surface area contributed by atoms with Gasteiger partial charge in [0.05, 0.1) is 11.6 Å². The molecule has 0 saturated carbocycles. The summed E-state index contributed by atoms with van der Waals surface area (Å²) in [5, 5.41) is 11.4. The van der Waals surface area contributed by atoms with E-state index in [4.69, 9.17) is 5.26 Å². The molecule has 0 atom stereocenters. The zero-order valence-corrected chi connectivity index (χ0v) is 12.3. The molecule has 2 fully saturated rings. The second kappa shape index (κ2) is 6.83.